The minimum Gasteiger partial charge on any atom is -1.00 e. The molecule has 0 spiro atoms. The minimum atomic E-state index is -0.773. The van der Waals surface area contributed by atoms with Crippen molar-refractivity contribution >= 4 is 29.0 Å². The third-order valence-corrected chi connectivity index (χ3v) is 0.595. The fraction of sp³-hybridized carbons (Fsp3) is 0.750. The Bertz CT molecular complexity index is 74.3. The third-order valence-electron chi connectivity index (χ3n) is 0.595. The first-order chi connectivity index (χ1) is 3.27. The Hall–Kier alpha value is 0.196. The van der Waals surface area contributed by atoms with Gasteiger partial charge in [-0.2, -0.15) is 0 Å². The Kier molecular flexibility index (Phi) is 9.94. The molecule has 0 saturated heterocycles. The number of carboxylic acid groups (broad SMARTS) is 1. The number of carboxylic acids is 1. The van der Waals surface area contributed by atoms with Crippen LogP contribution in [0.15, 0.2) is 0 Å². The van der Waals surface area contributed by atoms with Gasteiger partial charge in [0.1, 0.15) is 0 Å². The standard InChI is InChI=1S/C4H9NO2.Mg.2H/c5-3-1-2-4(6)7;;;/h1-3,5H2,(H,6,7);;;/q;+2;2*-1. The summed E-state index contributed by atoms with van der Waals surface area (Å²) >= 11 is 0. The Morgan fingerprint density at radius 3 is 2.38 bits per heavy atom. The molecule has 0 aliphatic carbocycles. The molecule has 0 aliphatic heterocycles. The molecule has 0 rings (SSSR count). The summed E-state index contributed by atoms with van der Waals surface area (Å²) in [6.07, 6.45) is 0.770. The molecule has 0 aromatic heterocycles. The summed E-state index contributed by atoms with van der Waals surface area (Å²) in [4.78, 5) is 9.70. The Morgan fingerprint density at radius 2 is 2.25 bits per heavy atom. The zero-order chi connectivity index (χ0) is 5.70. The maximum Gasteiger partial charge on any atom is 2.00 e. The molecule has 0 saturated carbocycles. The van der Waals surface area contributed by atoms with E-state index in [4.69, 9.17) is 10.8 Å². The van der Waals surface area contributed by atoms with Gasteiger partial charge in [-0.3, -0.25) is 4.79 Å². The largest absolute Gasteiger partial charge is 2.00 e. The summed E-state index contributed by atoms with van der Waals surface area (Å²) in [7, 11) is 0. The van der Waals surface area contributed by atoms with Gasteiger partial charge in [-0.1, -0.05) is 0 Å². The zero-order valence-corrected chi connectivity index (χ0v) is 6.18. The van der Waals surface area contributed by atoms with Gasteiger partial charge in [0, 0.05) is 6.42 Å². The monoisotopic (exact) mass is 129 g/mol. The van der Waals surface area contributed by atoms with Crippen LogP contribution in [0.1, 0.15) is 15.7 Å². The number of aliphatic carboxylic acids is 1. The Morgan fingerprint density at radius 1 is 1.75 bits per heavy atom. The van der Waals surface area contributed by atoms with Crippen LogP contribution in [-0.2, 0) is 4.79 Å². The van der Waals surface area contributed by atoms with Crippen molar-refractivity contribution < 1.29 is 12.8 Å². The minimum absolute atomic E-state index is 0. The van der Waals surface area contributed by atoms with Crippen LogP contribution in [0.5, 0.6) is 0 Å². The van der Waals surface area contributed by atoms with E-state index in [0.29, 0.717) is 13.0 Å². The van der Waals surface area contributed by atoms with Gasteiger partial charge in [0.05, 0.1) is 0 Å². The van der Waals surface area contributed by atoms with Crippen molar-refractivity contribution in [1.29, 1.82) is 0 Å². The molecule has 0 aliphatic rings. The van der Waals surface area contributed by atoms with E-state index in [0.717, 1.165) is 0 Å². The molecule has 3 nitrogen and oxygen atoms in total. The predicted molar refractivity (Wildman–Crippen MR) is 33.9 cm³/mol. The molecule has 0 radical (unpaired) electrons. The quantitative estimate of drug-likeness (QED) is 0.512. The summed E-state index contributed by atoms with van der Waals surface area (Å²) in [6, 6.07) is 0. The van der Waals surface area contributed by atoms with Crippen LogP contribution < -0.4 is 5.73 Å². The first-order valence-electron chi connectivity index (χ1n) is 2.19. The summed E-state index contributed by atoms with van der Waals surface area (Å²) in [5.74, 6) is -0.773. The van der Waals surface area contributed by atoms with Gasteiger partial charge in [-0.25, -0.2) is 0 Å². The Labute approximate surface area is 67.4 Å². The second-order valence-corrected chi connectivity index (χ2v) is 1.29. The van der Waals surface area contributed by atoms with E-state index in [1.165, 1.54) is 0 Å². The molecule has 0 amide bonds. The zero-order valence-electron chi connectivity index (χ0n) is 6.76. The first kappa shape index (κ1) is 11.1. The van der Waals surface area contributed by atoms with E-state index in [2.05, 4.69) is 0 Å². The van der Waals surface area contributed by atoms with Crippen LogP contribution in [0.25, 0.3) is 0 Å². The van der Waals surface area contributed by atoms with Gasteiger partial charge in [-0.05, 0) is 13.0 Å². The van der Waals surface area contributed by atoms with E-state index >= 15 is 0 Å². The second kappa shape index (κ2) is 7.20. The molecule has 0 fully saturated rings. The Balaban J connectivity index is -0.0000000600. The molecule has 0 bridgehead atoms. The van der Waals surface area contributed by atoms with Gasteiger partial charge in [0.2, 0.25) is 0 Å². The fourth-order valence-corrected chi connectivity index (χ4v) is 0.253. The van der Waals surface area contributed by atoms with Gasteiger partial charge in [0.25, 0.3) is 0 Å². The summed E-state index contributed by atoms with van der Waals surface area (Å²) in [5, 5.41) is 7.99. The maximum atomic E-state index is 9.70. The van der Waals surface area contributed by atoms with Crippen molar-refractivity contribution in [3.05, 3.63) is 0 Å². The summed E-state index contributed by atoms with van der Waals surface area (Å²) in [6.45, 7) is 0.465. The molecule has 4 heteroatoms. The molecule has 3 N–H and O–H groups in total. The fourth-order valence-electron chi connectivity index (χ4n) is 0.253. The first-order valence-corrected chi connectivity index (χ1v) is 2.19. The topological polar surface area (TPSA) is 63.3 Å². The molecule has 0 aromatic rings. The normalized spacial score (nSPS) is 7.62. The number of nitrogens with two attached hydrogens (primary N) is 1. The SMILES string of the molecule is NCCCC(=O)O.[H-].[H-].[Mg+2]. The second-order valence-electron chi connectivity index (χ2n) is 1.29. The van der Waals surface area contributed by atoms with Crippen molar-refractivity contribution in [2.75, 3.05) is 6.54 Å². The summed E-state index contributed by atoms with van der Waals surface area (Å²) < 4.78 is 0. The van der Waals surface area contributed by atoms with Gasteiger partial charge >= 0.3 is 29.0 Å². The van der Waals surface area contributed by atoms with Crippen LogP contribution in [0.3, 0.4) is 0 Å². The third kappa shape index (κ3) is 9.50. The van der Waals surface area contributed by atoms with Crippen LogP contribution in [-0.4, -0.2) is 40.7 Å². The number of carbonyl (C=O) groups is 1. The smallest absolute Gasteiger partial charge is 1.00 e. The maximum absolute atomic E-state index is 9.70. The molecule has 0 unspecified atom stereocenters. The average molecular weight is 129 g/mol. The van der Waals surface area contributed by atoms with E-state index in [1.54, 1.807) is 0 Å². The van der Waals surface area contributed by atoms with Gasteiger partial charge in [-0.15, -0.1) is 0 Å². The van der Waals surface area contributed by atoms with Crippen molar-refractivity contribution in [1.82, 2.24) is 0 Å². The molecule has 0 aromatic carbocycles. The number of hydrogen-bond donors (Lipinski definition) is 2. The van der Waals surface area contributed by atoms with E-state index in [-0.39, 0.29) is 32.3 Å². The van der Waals surface area contributed by atoms with Gasteiger partial charge < -0.3 is 13.7 Å². The molecular formula is C4H11MgNO2. The van der Waals surface area contributed by atoms with Gasteiger partial charge in [0.15, 0.2) is 0 Å². The molecule has 0 atom stereocenters. The number of hydrogen-bond acceptors (Lipinski definition) is 2. The van der Waals surface area contributed by atoms with Crippen molar-refractivity contribution in [3.8, 4) is 0 Å². The predicted octanol–water partition coefficient (Wildman–Crippen LogP) is -0.346. The van der Waals surface area contributed by atoms with E-state index in [1.807, 2.05) is 0 Å². The summed E-state index contributed by atoms with van der Waals surface area (Å²) in [5.41, 5.74) is 5.01. The van der Waals surface area contributed by atoms with Crippen LogP contribution in [0, 0.1) is 0 Å². The van der Waals surface area contributed by atoms with E-state index in [9.17, 15) is 4.79 Å². The molecule has 8 heavy (non-hydrogen) atoms. The van der Waals surface area contributed by atoms with Crippen LogP contribution in [0.4, 0.5) is 0 Å². The molecule has 46 valence electrons. The van der Waals surface area contributed by atoms with Crippen molar-refractivity contribution in [2.45, 2.75) is 12.8 Å². The van der Waals surface area contributed by atoms with Crippen molar-refractivity contribution in [2.24, 2.45) is 5.73 Å². The van der Waals surface area contributed by atoms with Crippen molar-refractivity contribution in [3.63, 3.8) is 0 Å². The van der Waals surface area contributed by atoms with Crippen LogP contribution in [0.2, 0.25) is 0 Å². The van der Waals surface area contributed by atoms with Crippen LogP contribution >= 0.6 is 0 Å². The number of rotatable bonds is 3. The molecule has 0 heterocycles. The van der Waals surface area contributed by atoms with E-state index < -0.39 is 5.97 Å². The average Bonchev–Trinajstić information content (AvgIpc) is 1.61. The molecular weight excluding hydrogens is 118 g/mol.